The Labute approximate surface area is 126 Å². The average Bonchev–Trinajstić information content (AvgIpc) is 2.96. The number of hydrogen-bond acceptors (Lipinski definition) is 5. The Morgan fingerprint density at radius 3 is 3.00 bits per heavy atom. The van der Waals surface area contributed by atoms with Crippen LogP contribution in [0.1, 0.15) is 16.1 Å². The van der Waals surface area contributed by atoms with Crippen molar-refractivity contribution in [2.24, 2.45) is 0 Å². The highest BCUT2D eigenvalue weighted by Gasteiger charge is 2.13. The van der Waals surface area contributed by atoms with Gasteiger partial charge in [0.25, 0.3) is 0 Å². The number of fused-ring (bicyclic) bond motifs is 1. The molecule has 0 spiro atoms. The minimum Gasteiger partial charge on any atom is -0.465 e. The number of carbonyl (C=O) groups excluding carboxylic acids is 1. The summed E-state index contributed by atoms with van der Waals surface area (Å²) >= 11 is 1.61. The van der Waals surface area contributed by atoms with Gasteiger partial charge in [0.15, 0.2) is 5.65 Å². The van der Waals surface area contributed by atoms with E-state index in [4.69, 9.17) is 4.74 Å². The van der Waals surface area contributed by atoms with Crippen LogP contribution >= 0.6 is 11.8 Å². The monoisotopic (exact) mass is 299 g/mol. The largest absolute Gasteiger partial charge is 0.465 e. The quantitative estimate of drug-likeness (QED) is 0.547. The summed E-state index contributed by atoms with van der Waals surface area (Å²) < 4.78 is 6.61. The Balaban J connectivity index is 1.86. The molecule has 3 aromatic heterocycles. The summed E-state index contributed by atoms with van der Waals surface area (Å²) in [6, 6.07) is 9.31. The fourth-order valence-corrected chi connectivity index (χ4v) is 2.73. The van der Waals surface area contributed by atoms with Crippen molar-refractivity contribution in [2.75, 3.05) is 7.11 Å². The highest BCUT2D eigenvalue weighted by atomic mass is 32.2. The van der Waals surface area contributed by atoms with Crippen molar-refractivity contribution in [1.29, 1.82) is 0 Å². The molecule has 0 radical (unpaired) electrons. The van der Waals surface area contributed by atoms with E-state index in [1.165, 1.54) is 7.11 Å². The molecule has 0 amide bonds. The van der Waals surface area contributed by atoms with E-state index >= 15 is 0 Å². The summed E-state index contributed by atoms with van der Waals surface area (Å²) in [7, 11) is 1.37. The Bertz CT molecular complexity index is 771. The fourth-order valence-electron chi connectivity index (χ4n) is 1.98. The Kier molecular flexibility index (Phi) is 3.87. The first-order valence-electron chi connectivity index (χ1n) is 6.36. The van der Waals surface area contributed by atoms with Crippen molar-refractivity contribution >= 4 is 23.4 Å². The third-order valence-electron chi connectivity index (χ3n) is 2.94. The Morgan fingerprint density at radius 1 is 1.33 bits per heavy atom. The average molecular weight is 299 g/mol. The SMILES string of the molecule is COC(=O)c1cccn2cc(CSc3ccccn3)nc12. The summed E-state index contributed by atoms with van der Waals surface area (Å²) in [6.07, 6.45) is 5.54. The van der Waals surface area contributed by atoms with Crippen LogP contribution in [-0.4, -0.2) is 27.4 Å². The minimum atomic E-state index is -0.380. The summed E-state index contributed by atoms with van der Waals surface area (Å²) in [5.41, 5.74) is 1.97. The number of pyridine rings is 2. The van der Waals surface area contributed by atoms with E-state index in [0.717, 1.165) is 10.7 Å². The molecule has 3 heterocycles. The summed E-state index contributed by atoms with van der Waals surface area (Å²) in [6.45, 7) is 0. The molecule has 5 nitrogen and oxygen atoms in total. The van der Waals surface area contributed by atoms with Crippen LogP contribution < -0.4 is 0 Å². The molecular weight excluding hydrogens is 286 g/mol. The van der Waals surface area contributed by atoms with Gasteiger partial charge in [0.1, 0.15) is 5.56 Å². The first-order valence-corrected chi connectivity index (χ1v) is 7.35. The van der Waals surface area contributed by atoms with Gasteiger partial charge in [0.2, 0.25) is 0 Å². The van der Waals surface area contributed by atoms with Crippen LogP contribution in [0.25, 0.3) is 5.65 Å². The van der Waals surface area contributed by atoms with Gasteiger partial charge in [-0.2, -0.15) is 0 Å². The number of rotatable bonds is 4. The van der Waals surface area contributed by atoms with E-state index in [1.54, 1.807) is 30.1 Å². The van der Waals surface area contributed by atoms with Gasteiger partial charge in [0.05, 0.1) is 17.8 Å². The third-order valence-corrected chi connectivity index (χ3v) is 3.92. The number of ether oxygens (including phenoxy) is 1. The van der Waals surface area contributed by atoms with Crippen molar-refractivity contribution in [3.8, 4) is 0 Å². The highest BCUT2D eigenvalue weighted by Crippen LogP contribution is 2.21. The van der Waals surface area contributed by atoms with Crippen molar-refractivity contribution in [3.63, 3.8) is 0 Å². The lowest BCUT2D eigenvalue weighted by molar-refractivity contribution is 0.0602. The number of esters is 1. The maximum absolute atomic E-state index is 11.7. The molecule has 0 saturated carbocycles. The van der Waals surface area contributed by atoms with Crippen molar-refractivity contribution < 1.29 is 9.53 Å². The van der Waals surface area contributed by atoms with Crippen LogP contribution in [0.4, 0.5) is 0 Å². The second kappa shape index (κ2) is 5.97. The number of imidazole rings is 1. The first kappa shape index (κ1) is 13.6. The van der Waals surface area contributed by atoms with Gasteiger partial charge in [-0.3, -0.25) is 0 Å². The molecule has 106 valence electrons. The van der Waals surface area contributed by atoms with Crippen molar-refractivity contribution in [2.45, 2.75) is 10.8 Å². The molecule has 0 unspecified atom stereocenters. The maximum Gasteiger partial charge on any atom is 0.341 e. The highest BCUT2D eigenvalue weighted by molar-refractivity contribution is 7.98. The van der Waals surface area contributed by atoms with Crippen LogP contribution in [0.2, 0.25) is 0 Å². The zero-order valence-corrected chi connectivity index (χ0v) is 12.2. The van der Waals surface area contributed by atoms with E-state index in [0.29, 0.717) is 17.0 Å². The van der Waals surface area contributed by atoms with Gasteiger partial charge in [-0.1, -0.05) is 17.8 Å². The Morgan fingerprint density at radius 2 is 2.24 bits per heavy atom. The smallest absolute Gasteiger partial charge is 0.341 e. The molecule has 0 aromatic carbocycles. The first-order chi connectivity index (χ1) is 10.3. The lowest BCUT2D eigenvalue weighted by atomic mass is 10.3. The van der Waals surface area contributed by atoms with Crippen molar-refractivity contribution in [1.82, 2.24) is 14.4 Å². The molecule has 0 fully saturated rings. The fraction of sp³-hybridized carbons (Fsp3) is 0.133. The molecule has 0 saturated heterocycles. The number of aromatic nitrogens is 3. The van der Waals surface area contributed by atoms with Gasteiger partial charge in [0, 0.05) is 24.3 Å². The molecule has 21 heavy (non-hydrogen) atoms. The van der Waals surface area contributed by atoms with Gasteiger partial charge in [-0.25, -0.2) is 14.8 Å². The lowest BCUT2D eigenvalue weighted by Crippen LogP contribution is -2.03. The second-order valence-corrected chi connectivity index (χ2v) is 5.33. The normalized spacial score (nSPS) is 10.7. The second-order valence-electron chi connectivity index (χ2n) is 4.33. The molecule has 0 bridgehead atoms. The summed E-state index contributed by atoms with van der Waals surface area (Å²) in [5.74, 6) is 0.314. The summed E-state index contributed by atoms with van der Waals surface area (Å²) in [4.78, 5) is 20.5. The zero-order chi connectivity index (χ0) is 14.7. The number of methoxy groups -OCH3 is 1. The standard InChI is InChI=1S/C15H13N3O2S/c1-20-15(19)12-5-4-8-18-9-11(17-14(12)18)10-21-13-6-2-3-7-16-13/h2-9H,10H2,1H3. The summed E-state index contributed by atoms with van der Waals surface area (Å²) in [5, 5.41) is 0.947. The van der Waals surface area contributed by atoms with E-state index in [1.807, 2.05) is 35.0 Å². The molecule has 0 N–H and O–H groups in total. The predicted molar refractivity (Wildman–Crippen MR) is 80.3 cm³/mol. The molecule has 3 aromatic rings. The predicted octanol–water partition coefficient (Wildman–Crippen LogP) is 2.81. The molecule has 0 aliphatic heterocycles. The molecule has 0 atom stereocenters. The molecule has 6 heteroatoms. The van der Waals surface area contributed by atoms with E-state index in [-0.39, 0.29) is 5.97 Å². The topological polar surface area (TPSA) is 56.5 Å². The van der Waals surface area contributed by atoms with E-state index < -0.39 is 0 Å². The Hall–Kier alpha value is -2.34. The third kappa shape index (κ3) is 2.90. The lowest BCUT2D eigenvalue weighted by Gasteiger charge is -2.00. The van der Waals surface area contributed by atoms with Gasteiger partial charge in [-0.05, 0) is 24.3 Å². The molecule has 3 rings (SSSR count). The number of nitrogens with zero attached hydrogens (tertiary/aromatic N) is 3. The van der Waals surface area contributed by atoms with Gasteiger partial charge >= 0.3 is 5.97 Å². The van der Waals surface area contributed by atoms with Gasteiger partial charge < -0.3 is 9.14 Å². The van der Waals surface area contributed by atoms with E-state index in [9.17, 15) is 4.79 Å². The van der Waals surface area contributed by atoms with Gasteiger partial charge in [-0.15, -0.1) is 0 Å². The number of hydrogen-bond donors (Lipinski definition) is 0. The minimum absolute atomic E-state index is 0.380. The molecular formula is C15H13N3O2S. The van der Waals surface area contributed by atoms with Crippen LogP contribution in [0.15, 0.2) is 53.9 Å². The van der Waals surface area contributed by atoms with E-state index in [2.05, 4.69) is 9.97 Å². The molecule has 0 aliphatic carbocycles. The van der Waals surface area contributed by atoms with Crippen LogP contribution in [0, 0.1) is 0 Å². The van der Waals surface area contributed by atoms with Crippen molar-refractivity contribution in [3.05, 3.63) is 60.2 Å². The number of thioether (sulfide) groups is 1. The molecule has 0 aliphatic rings. The van der Waals surface area contributed by atoms with Crippen LogP contribution in [0.5, 0.6) is 0 Å². The maximum atomic E-state index is 11.7. The number of carbonyl (C=O) groups is 1. The van der Waals surface area contributed by atoms with Crippen LogP contribution in [-0.2, 0) is 10.5 Å². The zero-order valence-electron chi connectivity index (χ0n) is 11.4. The van der Waals surface area contributed by atoms with Crippen LogP contribution in [0.3, 0.4) is 0 Å².